The molecule has 3 N–H and O–H groups in total. The van der Waals surface area contributed by atoms with Crippen molar-refractivity contribution in [3.8, 4) is 0 Å². The van der Waals surface area contributed by atoms with E-state index in [1.54, 1.807) is 0 Å². The number of rotatable bonds is 3. The summed E-state index contributed by atoms with van der Waals surface area (Å²) >= 11 is 0. The molecule has 0 saturated heterocycles. The topological polar surface area (TPSA) is 89.6 Å². The summed E-state index contributed by atoms with van der Waals surface area (Å²) in [7, 11) is 1.10. The van der Waals surface area contributed by atoms with E-state index in [1.165, 1.54) is 6.92 Å². The number of carbonyl (C=O) groups is 2. The van der Waals surface area contributed by atoms with Crippen LogP contribution in [0.15, 0.2) is 0 Å². The van der Waals surface area contributed by atoms with Crippen molar-refractivity contribution < 1.29 is 19.4 Å². The lowest BCUT2D eigenvalue weighted by Crippen LogP contribution is -2.54. The van der Waals surface area contributed by atoms with E-state index in [2.05, 4.69) is 4.74 Å². The molecule has 0 spiro atoms. The van der Waals surface area contributed by atoms with E-state index in [0.29, 0.717) is 0 Å². The molecule has 0 aromatic carbocycles. The van der Waals surface area contributed by atoms with Gasteiger partial charge in [0.2, 0.25) is 5.54 Å². The molecule has 0 amide bonds. The van der Waals surface area contributed by atoms with Gasteiger partial charge in [0.1, 0.15) is 0 Å². The summed E-state index contributed by atoms with van der Waals surface area (Å²) in [4.78, 5) is 21.2. The van der Waals surface area contributed by atoms with Crippen LogP contribution in [0.1, 0.15) is 13.3 Å². The van der Waals surface area contributed by atoms with Crippen LogP contribution in [0.4, 0.5) is 0 Å². The average molecular weight is 161 g/mol. The van der Waals surface area contributed by atoms with Crippen molar-refractivity contribution >= 4 is 11.9 Å². The van der Waals surface area contributed by atoms with Gasteiger partial charge in [-0.1, -0.05) is 6.92 Å². The fourth-order valence-corrected chi connectivity index (χ4v) is 0.565. The van der Waals surface area contributed by atoms with Crippen LogP contribution in [0.2, 0.25) is 0 Å². The quantitative estimate of drug-likeness (QED) is 0.424. The molecule has 11 heavy (non-hydrogen) atoms. The molecule has 1 atom stereocenters. The number of methoxy groups -OCH3 is 1. The summed E-state index contributed by atoms with van der Waals surface area (Å²) in [6, 6.07) is 0. The number of nitrogens with two attached hydrogens (primary N) is 1. The number of carboxylic acid groups (broad SMARTS) is 1. The minimum Gasteiger partial charge on any atom is -0.479 e. The predicted molar refractivity (Wildman–Crippen MR) is 36.9 cm³/mol. The largest absolute Gasteiger partial charge is 0.479 e. The van der Waals surface area contributed by atoms with Crippen molar-refractivity contribution in [2.45, 2.75) is 18.9 Å². The number of ether oxygens (including phenoxy) is 1. The molecule has 0 aliphatic rings. The lowest BCUT2D eigenvalue weighted by atomic mass is 9.98. The zero-order valence-corrected chi connectivity index (χ0v) is 6.46. The molecule has 0 saturated carbocycles. The summed E-state index contributed by atoms with van der Waals surface area (Å²) in [5.74, 6) is -2.29. The van der Waals surface area contributed by atoms with Gasteiger partial charge >= 0.3 is 11.9 Å². The Bertz CT molecular complexity index is 179. The van der Waals surface area contributed by atoms with Crippen LogP contribution < -0.4 is 5.73 Å². The van der Waals surface area contributed by atoms with E-state index in [1.807, 2.05) is 0 Å². The van der Waals surface area contributed by atoms with Crippen LogP contribution in [-0.2, 0) is 14.3 Å². The summed E-state index contributed by atoms with van der Waals surface area (Å²) in [6.45, 7) is 1.50. The number of carbonyl (C=O) groups excluding carboxylic acids is 1. The Morgan fingerprint density at radius 1 is 1.64 bits per heavy atom. The second-order valence-electron chi connectivity index (χ2n) is 2.12. The van der Waals surface area contributed by atoms with Crippen LogP contribution in [0, 0.1) is 0 Å². The first-order chi connectivity index (χ1) is 4.99. The minimum absolute atomic E-state index is 0.00894. The van der Waals surface area contributed by atoms with Gasteiger partial charge in [-0.2, -0.15) is 0 Å². The first-order valence-electron chi connectivity index (χ1n) is 3.09. The third-order valence-corrected chi connectivity index (χ3v) is 1.49. The highest BCUT2D eigenvalue weighted by Crippen LogP contribution is 2.07. The number of hydrogen-bond acceptors (Lipinski definition) is 4. The van der Waals surface area contributed by atoms with E-state index in [0.717, 1.165) is 7.11 Å². The molecule has 0 bridgehead atoms. The lowest BCUT2D eigenvalue weighted by molar-refractivity contribution is -0.159. The average Bonchev–Trinajstić information content (AvgIpc) is 2.01. The first-order valence-corrected chi connectivity index (χ1v) is 3.09. The molecule has 1 unspecified atom stereocenters. The Morgan fingerprint density at radius 2 is 2.09 bits per heavy atom. The van der Waals surface area contributed by atoms with Crippen molar-refractivity contribution in [3.63, 3.8) is 0 Å². The normalized spacial score (nSPS) is 15.2. The van der Waals surface area contributed by atoms with Gasteiger partial charge in [0.15, 0.2) is 0 Å². The van der Waals surface area contributed by atoms with Gasteiger partial charge in [-0.25, -0.2) is 9.59 Å². The molecule has 0 fully saturated rings. The smallest absolute Gasteiger partial charge is 0.337 e. The van der Waals surface area contributed by atoms with Crippen LogP contribution in [-0.4, -0.2) is 29.7 Å². The predicted octanol–water partition coefficient (Wildman–Crippen LogP) is -0.648. The van der Waals surface area contributed by atoms with Gasteiger partial charge in [-0.3, -0.25) is 0 Å². The maximum Gasteiger partial charge on any atom is 0.337 e. The Morgan fingerprint density at radius 3 is 2.18 bits per heavy atom. The first kappa shape index (κ1) is 9.90. The molecule has 0 aromatic rings. The molecule has 64 valence electrons. The molecule has 0 heterocycles. The third-order valence-electron chi connectivity index (χ3n) is 1.49. The fraction of sp³-hybridized carbons (Fsp3) is 0.667. The van der Waals surface area contributed by atoms with Gasteiger partial charge < -0.3 is 15.6 Å². The van der Waals surface area contributed by atoms with Gasteiger partial charge in [0, 0.05) is 0 Å². The number of hydrogen-bond donors (Lipinski definition) is 2. The van der Waals surface area contributed by atoms with Crippen molar-refractivity contribution in [1.82, 2.24) is 0 Å². The van der Waals surface area contributed by atoms with Crippen LogP contribution in [0.5, 0.6) is 0 Å². The van der Waals surface area contributed by atoms with Gasteiger partial charge in [-0.15, -0.1) is 0 Å². The second kappa shape index (κ2) is 3.34. The molecular formula is C6H11NO4. The Labute approximate surface area is 64.1 Å². The summed E-state index contributed by atoms with van der Waals surface area (Å²) < 4.78 is 4.22. The van der Waals surface area contributed by atoms with E-state index in [9.17, 15) is 9.59 Å². The maximum atomic E-state index is 10.8. The highest BCUT2D eigenvalue weighted by Gasteiger charge is 2.41. The molecule has 0 rings (SSSR count). The number of esters is 1. The molecule has 5 heteroatoms. The van der Waals surface area contributed by atoms with E-state index in [4.69, 9.17) is 10.8 Å². The standard InChI is InChI=1S/C6H11NO4/c1-3-6(7,4(8)9)5(10)11-2/h3,7H2,1-2H3,(H,8,9). The van der Waals surface area contributed by atoms with Gasteiger partial charge in [0.25, 0.3) is 0 Å². The highest BCUT2D eigenvalue weighted by molar-refractivity contribution is 6.03. The molecule has 0 aliphatic carbocycles. The molecule has 0 aliphatic heterocycles. The van der Waals surface area contributed by atoms with E-state index >= 15 is 0 Å². The zero-order chi connectivity index (χ0) is 9.07. The Hall–Kier alpha value is -1.10. The molecule has 5 nitrogen and oxygen atoms in total. The highest BCUT2D eigenvalue weighted by atomic mass is 16.5. The van der Waals surface area contributed by atoms with E-state index < -0.39 is 17.5 Å². The summed E-state index contributed by atoms with van der Waals surface area (Å²) in [5, 5.41) is 8.51. The maximum absolute atomic E-state index is 10.8. The Kier molecular flexibility index (Phi) is 3.00. The number of aliphatic carboxylic acids is 1. The van der Waals surface area contributed by atoms with Crippen molar-refractivity contribution in [3.05, 3.63) is 0 Å². The Balaban J connectivity index is 4.59. The van der Waals surface area contributed by atoms with Gasteiger partial charge in [0.05, 0.1) is 7.11 Å². The lowest BCUT2D eigenvalue weighted by Gasteiger charge is -2.18. The van der Waals surface area contributed by atoms with Crippen molar-refractivity contribution in [1.29, 1.82) is 0 Å². The SMILES string of the molecule is CCC(N)(C(=O)O)C(=O)OC. The molecule has 0 radical (unpaired) electrons. The minimum atomic E-state index is -1.89. The fourth-order valence-electron chi connectivity index (χ4n) is 0.565. The van der Waals surface area contributed by atoms with Crippen molar-refractivity contribution in [2.75, 3.05) is 7.11 Å². The number of carboxylic acids is 1. The monoisotopic (exact) mass is 161 g/mol. The zero-order valence-electron chi connectivity index (χ0n) is 6.46. The van der Waals surface area contributed by atoms with Gasteiger partial charge in [-0.05, 0) is 6.42 Å². The van der Waals surface area contributed by atoms with Crippen molar-refractivity contribution in [2.24, 2.45) is 5.73 Å². The summed E-state index contributed by atoms with van der Waals surface area (Å²) in [6.07, 6.45) is 0.00894. The molecule has 0 aromatic heterocycles. The van der Waals surface area contributed by atoms with Crippen LogP contribution in [0.25, 0.3) is 0 Å². The second-order valence-corrected chi connectivity index (χ2v) is 2.12. The summed E-state index contributed by atoms with van der Waals surface area (Å²) in [5.41, 5.74) is 3.33. The van der Waals surface area contributed by atoms with Crippen LogP contribution >= 0.6 is 0 Å². The molecular weight excluding hydrogens is 150 g/mol. The van der Waals surface area contributed by atoms with E-state index in [-0.39, 0.29) is 6.42 Å². The third kappa shape index (κ3) is 1.68. The van der Waals surface area contributed by atoms with Crippen LogP contribution in [0.3, 0.4) is 0 Å².